The molecule has 0 aromatic rings. The van der Waals surface area contributed by atoms with E-state index < -0.39 is 36.6 Å². The highest BCUT2D eigenvalue weighted by Crippen LogP contribution is 2.60. The highest BCUT2D eigenvalue weighted by molar-refractivity contribution is 5.38. The molecule has 3 rings (SSSR count). The maximum atomic E-state index is 13.0. The van der Waals surface area contributed by atoms with Crippen molar-refractivity contribution in [2.45, 2.75) is 108 Å². The minimum atomic E-state index is -5.77. The molecule has 6 atom stereocenters. The van der Waals surface area contributed by atoms with Crippen LogP contribution in [0.1, 0.15) is 78.1 Å². The van der Waals surface area contributed by atoms with E-state index >= 15 is 0 Å². The first-order valence-electron chi connectivity index (χ1n) is 12.8. The smallest absolute Gasteiger partial charge is 0.393 e. The lowest BCUT2D eigenvalue weighted by molar-refractivity contribution is -0.370. The molecule has 3 nitrogen and oxygen atoms in total. The third-order valence-electron chi connectivity index (χ3n) is 9.12. The van der Waals surface area contributed by atoms with Gasteiger partial charge in [-0.15, -0.1) is 0 Å². The van der Waals surface area contributed by atoms with Crippen LogP contribution < -0.4 is 0 Å². The Labute approximate surface area is 209 Å². The van der Waals surface area contributed by atoms with Gasteiger partial charge in [-0.2, -0.15) is 26.3 Å². The number of hydrogen-bond acceptors (Lipinski definition) is 3. The maximum Gasteiger partial charge on any atom is 0.426 e. The second-order valence-corrected chi connectivity index (χ2v) is 11.4. The first-order valence-corrected chi connectivity index (χ1v) is 12.8. The Kier molecular flexibility index (Phi) is 8.48. The van der Waals surface area contributed by atoms with Crippen LogP contribution in [0.15, 0.2) is 35.5 Å². The Hall–Kier alpha value is -1.32. The van der Waals surface area contributed by atoms with Crippen LogP contribution in [0.3, 0.4) is 0 Å². The molecule has 5 unspecified atom stereocenters. The number of rotatable bonds is 6. The van der Waals surface area contributed by atoms with Crippen molar-refractivity contribution in [1.82, 2.24) is 0 Å². The van der Waals surface area contributed by atoms with Gasteiger partial charge in [0, 0.05) is 6.42 Å². The molecule has 3 saturated carbocycles. The van der Waals surface area contributed by atoms with Crippen molar-refractivity contribution in [2.24, 2.45) is 23.2 Å². The van der Waals surface area contributed by atoms with Crippen molar-refractivity contribution < 1.29 is 41.7 Å². The largest absolute Gasteiger partial charge is 0.426 e. The number of alkyl halides is 6. The molecule has 0 bridgehead atoms. The van der Waals surface area contributed by atoms with E-state index in [1.54, 1.807) is 0 Å². The van der Waals surface area contributed by atoms with Crippen LogP contribution in [-0.4, -0.2) is 45.5 Å². The van der Waals surface area contributed by atoms with Crippen molar-refractivity contribution in [3.8, 4) is 0 Å². The predicted molar refractivity (Wildman–Crippen MR) is 125 cm³/mol. The fourth-order valence-corrected chi connectivity index (χ4v) is 7.00. The topological polar surface area (TPSA) is 60.7 Å². The second kappa shape index (κ2) is 10.4. The quantitative estimate of drug-likeness (QED) is 0.336. The summed E-state index contributed by atoms with van der Waals surface area (Å²) in [7, 11) is 0. The van der Waals surface area contributed by atoms with Crippen molar-refractivity contribution in [1.29, 1.82) is 0 Å². The van der Waals surface area contributed by atoms with Crippen molar-refractivity contribution in [3.05, 3.63) is 35.5 Å². The minimum absolute atomic E-state index is 0.0770. The molecule has 0 spiro atoms. The fourth-order valence-electron chi connectivity index (χ4n) is 7.00. The molecule has 0 aromatic heterocycles. The molecule has 3 aliphatic rings. The average Bonchev–Trinajstić information content (AvgIpc) is 3.11. The molecule has 0 amide bonds. The molecule has 36 heavy (non-hydrogen) atoms. The molecule has 0 heterocycles. The molecule has 3 N–H and O–H groups in total. The highest BCUT2D eigenvalue weighted by Gasteiger charge is 2.69. The van der Waals surface area contributed by atoms with Crippen molar-refractivity contribution >= 4 is 0 Å². The van der Waals surface area contributed by atoms with Gasteiger partial charge < -0.3 is 15.3 Å². The van der Waals surface area contributed by atoms with E-state index in [2.05, 4.69) is 19.6 Å². The summed E-state index contributed by atoms with van der Waals surface area (Å²) in [6, 6.07) is 0. The lowest BCUT2D eigenvalue weighted by Gasteiger charge is -2.44. The van der Waals surface area contributed by atoms with Crippen LogP contribution in [-0.2, 0) is 0 Å². The maximum absolute atomic E-state index is 13.0. The molecule has 0 radical (unpaired) electrons. The summed E-state index contributed by atoms with van der Waals surface area (Å²) in [5.41, 5.74) is -2.08. The highest BCUT2D eigenvalue weighted by atomic mass is 19.4. The van der Waals surface area contributed by atoms with Gasteiger partial charge in [0.05, 0.1) is 12.2 Å². The van der Waals surface area contributed by atoms with Crippen LogP contribution in [0.4, 0.5) is 26.3 Å². The number of hydrogen-bond donors (Lipinski definition) is 3. The van der Waals surface area contributed by atoms with Crippen LogP contribution in [0, 0.1) is 23.2 Å². The molecule has 0 aliphatic heterocycles. The van der Waals surface area contributed by atoms with E-state index in [9.17, 15) is 41.7 Å². The Morgan fingerprint density at radius 2 is 1.72 bits per heavy atom. The van der Waals surface area contributed by atoms with Gasteiger partial charge in [0.15, 0.2) is 0 Å². The summed E-state index contributed by atoms with van der Waals surface area (Å²) in [5.74, 6) is 0.355. The number of fused-ring (bicyclic) bond motifs is 1. The Morgan fingerprint density at radius 3 is 2.33 bits per heavy atom. The number of aliphatic hydroxyl groups is 3. The monoisotopic (exact) mass is 524 g/mol. The lowest BCUT2D eigenvalue weighted by atomic mass is 9.60. The van der Waals surface area contributed by atoms with E-state index in [0.29, 0.717) is 12.0 Å². The standard InChI is InChI=1S/C27H38F6O3/c1-16(6-4-13-25(36,26(28,29)30)27(31,32)33)21-10-11-22-18(7-5-12-24(21,22)3)8-9-19-14-20(34)15-23(35)17(19)2/h8-9,16,20-23,34-36H,2,4-7,10-15H2,1,3H3/t16?,20?,21?,22?,23?,24-/m1/s1. The first-order chi connectivity index (χ1) is 16.5. The summed E-state index contributed by atoms with van der Waals surface area (Å²) in [4.78, 5) is 0. The van der Waals surface area contributed by atoms with Gasteiger partial charge in [0.25, 0.3) is 5.60 Å². The van der Waals surface area contributed by atoms with Gasteiger partial charge in [-0.25, -0.2) is 0 Å². The van der Waals surface area contributed by atoms with Gasteiger partial charge in [-0.3, -0.25) is 0 Å². The van der Waals surface area contributed by atoms with E-state index in [1.165, 1.54) is 5.57 Å². The molecule has 0 saturated heterocycles. The van der Waals surface area contributed by atoms with Gasteiger partial charge in [0.2, 0.25) is 0 Å². The van der Waals surface area contributed by atoms with Gasteiger partial charge in [-0.05, 0) is 85.7 Å². The summed E-state index contributed by atoms with van der Waals surface area (Å²) in [5, 5.41) is 29.5. The molecular formula is C27H38F6O3. The minimum Gasteiger partial charge on any atom is -0.393 e. The zero-order valence-electron chi connectivity index (χ0n) is 20.9. The summed E-state index contributed by atoms with van der Waals surface area (Å²) in [6.45, 7) is 8.03. The zero-order valence-corrected chi connectivity index (χ0v) is 20.9. The summed E-state index contributed by atoms with van der Waals surface area (Å²) < 4.78 is 78.1. The van der Waals surface area contributed by atoms with Crippen LogP contribution in [0.2, 0.25) is 0 Å². The zero-order chi connectivity index (χ0) is 27.1. The van der Waals surface area contributed by atoms with E-state index in [0.717, 1.165) is 37.7 Å². The average molecular weight is 525 g/mol. The van der Waals surface area contributed by atoms with Gasteiger partial charge >= 0.3 is 12.4 Å². The summed E-state index contributed by atoms with van der Waals surface area (Å²) in [6.07, 6.45) is -5.24. The number of aliphatic hydroxyl groups excluding tert-OH is 2. The lowest BCUT2D eigenvalue weighted by Crippen LogP contribution is -2.56. The Balaban J connectivity index is 1.69. The molecule has 9 heteroatoms. The molecule has 3 aliphatic carbocycles. The number of halogens is 6. The SMILES string of the molecule is C=C1C(=CC=C2CCC[C@@]3(C)C2CCC3C(C)CCCC(O)(C(F)(F)F)C(F)(F)F)CC(O)CC1O. The fraction of sp³-hybridized carbons (Fsp3) is 0.778. The Bertz CT molecular complexity index is 860. The number of allylic oxidation sites excluding steroid dienone is 3. The van der Waals surface area contributed by atoms with Crippen LogP contribution in [0.25, 0.3) is 0 Å². The van der Waals surface area contributed by atoms with E-state index in [-0.39, 0.29) is 42.4 Å². The van der Waals surface area contributed by atoms with Crippen molar-refractivity contribution in [3.63, 3.8) is 0 Å². The molecule has 0 aromatic carbocycles. The Morgan fingerprint density at radius 1 is 1.08 bits per heavy atom. The third-order valence-corrected chi connectivity index (χ3v) is 9.12. The van der Waals surface area contributed by atoms with Crippen LogP contribution in [0.5, 0.6) is 0 Å². The normalized spacial score (nSPS) is 35.4. The predicted octanol–water partition coefficient (Wildman–Crippen LogP) is 6.79. The molecule has 206 valence electrons. The van der Waals surface area contributed by atoms with Gasteiger partial charge in [-0.1, -0.05) is 44.6 Å². The first kappa shape index (κ1) is 29.2. The van der Waals surface area contributed by atoms with Crippen LogP contribution >= 0.6 is 0 Å². The third kappa shape index (κ3) is 5.58. The molecule has 3 fully saturated rings. The van der Waals surface area contributed by atoms with Crippen molar-refractivity contribution in [2.75, 3.05) is 0 Å². The van der Waals surface area contributed by atoms with E-state index in [4.69, 9.17) is 0 Å². The molecular weight excluding hydrogens is 486 g/mol. The summed E-state index contributed by atoms with van der Waals surface area (Å²) >= 11 is 0. The second-order valence-electron chi connectivity index (χ2n) is 11.4. The van der Waals surface area contributed by atoms with E-state index in [1.807, 2.05) is 13.0 Å². The van der Waals surface area contributed by atoms with Gasteiger partial charge in [0.1, 0.15) is 0 Å².